The molecule has 184 valence electrons. The second kappa shape index (κ2) is 10.1. The summed E-state index contributed by atoms with van der Waals surface area (Å²) < 4.78 is 4.32. The number of halogens is 2. The smallest absolute Gasteiger partial charge is 0.254 e. The van der Waals surface area contributed by atoms with E-state index < -0.39 is 0 Å². The van der Waals surface area contributed by atoms with Gasteiger partial charge in [0.2, 0.25) is 5.91 Å². The second-order valence-corrected chi connectivity index (χ2v) is 10.6. The average molecular weight is 615 g/mol. The number of carbonyl (C=O) groups is 1. The van der Waals surface area contributed by atoms with Crippen molar-refractivity contribution in [3.8, 4) is 22.5 Å². The number of rotatable bonds is 2. The van der Waals surface area contributed by atoms with Crippen molar-refractivity contribution in [3.05, 3.63) is 79.8 Å². The molecule has 36 heavy (non-hydrogen) atoms. The molecule has 4 aromatic rings. The van der Waals surface area contributed by atoms with Crippen LogP contribution in [0.25, 0.3) is 22.5 Å². The topological polar surface area (TPSA) is 94.7 Å². The van der Waals surface area contributed by atoms with Gasteiger partial charge in [-0.3, -0.25) is 23.8 Å². The van der Waals surface area contributed by atoms with Crippen molar-refractivity contribution < 1.29 is 4.79 Å². The highest BCUT2D eigenvalue weighted by Crippen LogP contribution is 2.32. The van der Waals surface area contributed by atoms with Crippen LogP contribution < -0.4 is 10.9 Å². The molecule has 0 spiro atoms. The number of carbonyl (C=O) groups excluding carboxylic acids is 1. The Balaban J connectivity index is 1.60. The molecule has 4 heterocycles. The van der Waals surface area contributed by atoms with E-state index in [0.29, 0.717) is 29.2 Å². The van der Waals surface area contributed by atoms with Crippen molar-refractivity contribution >= 4 is 45.8 Å². The van der Waals surface area contributed by atoms with Crippen LogP contribution in [0, 0.1) is 9.49 Å². The van der Waals surface area contributed by atoms with Crippen molar-refractivity contribution in [3.63, 3.8) is 0 Å². The van der Waals surface area contributed by atoms with Crippen LogP contribution in [0.4, 0.5) is 5.69 Å². The number of benzene rings is 1. The quantitative estimate of drug-likeness (QED) is 0.309. The molecule has 2 atom stereocenters. The van der Waals surface area contributed by atoms with Gasteiger partial charge in [0.1, 0.15) is 0 Å². The van der Waals surface area contributed by atoms with Gasteiger partial charge in [-0.05, 0) is 65.8 Å². The van der Waals surface area contributed by atoms with Gasteiger partial charge in [-0.25, -0.2) is 4.98 Å². The van der Waals surface area contributed by atoms with Gasteiger partial charge in [0.25, 0.3) is 5.56 Å². The van der Waals surface area contributed by atoms with Crippen LogP contribution in [0.1, 0.15) is 37.9 Å². The highest BCUT2D eigenvalue weighted by molar-refractivity contribution is 14.1. The molecule has 0 unspecified atom stereocenters. The van der Waals surface area contributed by atoms with Crippen LogP contribution in [0.5, 0.6) is 0 Å². The third-order valence-electron chi connectivity index (χ3n) is 6.53. The number of aromatic nitrogens is 5. The molecule has 0 saturated heterocycles. The highest BCUT2D eigenvalue weighted by atomic mass is 127. The molecule has 5 rings (SSSR count). The van der Waals surface area contributed by atoms with Gasteiger partial charge in [-0.2, -0.15) is 5.10 Å². The number of pyridine rings is 1. The monoisotopic (exact) mass is 614 g/mol. The standard InChI is InChI=1S/C26H24ClIN6O2/c1-15-4-3-5-23(34-14-30-20(12-24(34)35)18-11-17(27)6-7-19(18)28)21-10-16(8-9-29-21)25-22(32-26(15)36)13-31-33(25)2/h6-15,23H,3-5H2,1-2H3,(H,32,36)/t15-,23+/m1/s1. The first kappa shape index (κ1) is 24.6. The molecule has 1 N–H and O–H groups in total. The predicted octanol–water partition coefficient (Wildman–Crippen LogP) is 5.31. The van der Waals surface area contributed by atoms with E-state index in [1.807, 2.05) is 44.3 Å². The Morgan fingerprint density at radius 3 is 2.75 bits per heavy atom. The Morgan fingerprint density at radius 2 is 1.94 bits per heavy atom. The van der Waals surface area contributed by atoms with Gasteiger partial charge in [0, 0.05) is 44.9 Å². The van der Waals surface area contributed by atoms with E-state index >= 15 is 0 Å². The maximum absolute atomic E-state index is 13.4. The molecule has 1 amide bonds. The minimum atomic E-state index is -0.330. The molecule has 0 saturated carbocycles. The largest absolute Gasteiger partial charge is 0.323 e. The molecule has 1 aliphatic heterocycles. The normalized spacial score (nSPS) is 18.1. The molecular formula is C26H24ClIN6O2. The first-order valence-corrected chi connectivity index (χ1v) is 13.1. The van der Waals surface area contributed by atoms with Crippen LogP contribution in [0.3, 0.4) is 0 Å². The van der Waals surface area contributed by atoms with Gasteiger partial charge in [0.15, 0.2) is 0 Å². The van der Waals surface area contributed by atoms with E-state index in [4.69, 9.17) is 11.6 Å². The SMILES string of the molecule is C[C@@H]1CCC[C@H](n2cnc(-c3cc(Cl)ccc3I)cc2=O)c2cc(ccn2)-c2c(cnn2C)NC1=O. The summed E-state index contributed by atoms with van der Waals surface area (Å²) in [7, 11) is 1.84. The summed E-state index contributed by atoms with van der Waals surface area (Å²) in [4.78, 5) is 35.5. The van der Waals surface area contributed by atoms with E-state index in [-0.39, 0.29) is 23.4 Å². The molecule has 0 aliphatic carbocycles. The van der Waals surface area contributed by atoms with Gasteiger partial charge in [-0.1, -0.05) is 24.9 Å². The zero-order valence-corrected chi connectivity index (χ0v) is 22.7. The number of aryl methyl sites for hydroxylation is 1. The summed E-state index contributed by atoms with van der Waals surface area (Å²) in [5.41, 5.74) is 4.27. The molecule has 1 aliphatic rings. The summed E-state index contributed by atoms with van der Waals surface area (Å²) in [5.74, 6) is -0.235. The summed E-state index contributed by atoms with van der Waals surface area (Å²) in [6, 6.07) is 10.6. The van der Waals surface area contributed by atoms with Crippen molar-refractivity contribution in [1.29, 1.82) is 0 Å². The van der Waals surface area contributed by atoms with Crippen LogP contribution in [0.2, 0.25) is 5.02 Å². The number of fused-ring (bicyclic) bond motifs is 4. The Morgan fingerprint density at radius 1 is 1.11 bits per heavy atom. The third kappa shape index (κ3) is 4.81. The summed E-state index contributed by atoms with van der Waals surface area (Å²) >= 11 is 8.40. The Labute approximate surface area is 226 Å². The summed E-state index contributed by atoms with van der Waals surface area (Å²) in [6.07, 6.45) is 7.04. The van der Waals surface area contributed by atoms with E-state index in [1.54, 1.807) is 34.0 Å². The average Bonchev–Trinajstić information content (AvgIpc) is 3.22. The predicted molar refractivity (Wildman–Crippen MR) is 148 cm³/mol. The van der Waals surface area contributed by atoms with Crippen LogP contribution in [0.15, 0.2) is 59.9 Å². The maximum Gasteiger partial charge on any atom is 0.254 e. The lowest BCUT2D eigenvalue weighted by Gasteiger charge is -2.22. The van der Waals surface area contributed by atoms with Crippen LogP contribution in [-0.2, 0) is 11.8 Å². The molecule has 3 aromatic heterocycles. The lowest BCUT2D eigenvalue weighted by atomic mass is 9.97. The number of nitrogens with one attached hydrogen (secondary N) is 1. The van der Waals surface area contributed by atoms with E-state index in [0.717, 1.165) is 32.5 Å². The molecular weight excluding hydrogens is 591 g/mol. The van der Waals surface area contributed by atoms with Gasteiger partial charge >= 0.3 is 0 Å². The molecule has 2 bridgehead atoms. The van der Waals surface area contributed by atoms with Gasteiger partial charge in [0.05, 0.1) is 41.3 Å². The third-order valence-corrected chi connectivity index (χ3v) is 7.71. The first-order valence-electron chi connectivity index (χ1n) is 11.6. The Hall–Kier alpha value is -3.05. The zero-order chi connectivity index (χ0) is 25.4. The molecule has 8 nitrogen and oxygen atoms in total. The minimum Gasteiger partial charge on any atom is -0.323 e. The number of hydrogen-bond acceptors (Lipinski definition) is 5. The number of nitrogens with zero attached hydrogens (tertiary/aromatic N) is 5. The lowest BCUT2D eigenvalue weighted by molar-refractivity contribution is -0.119. The number of hydrogen-bond donors (Lipinski definition) is 1. The Bertz CT molecular complexity index is 1510. The van der Waals surface area contributed by atoms with Crippen LogP contribution >= 0.6 is 34.2 Å². The van der Waals surface area contributed by atoms with Crippen molar-refractivity contribution in [1.82, 2.24) is 24.3 Å². The van der Waals surface area contributed by atoms with Crippen LogP contribution in [-0.4, -0.2) is 30.2 Å². The number of anilines is 1. The number of amides is 1. The molecule has 10 heteroatoms. The van der Waals surface area contributed by atoms with Gasteiger partial charge in [-0.15, -0.1) is 0 Å². The van der Waals surface area contributed by atoms with Crippen molar-refractivity contribution in [2.24, 2.45) is 13.0 Å². The van der Waals surface area contributed by atoms with E-state index in [9.17, 15) is 9.59 Å². The van der Waals surface area contributed by atoms with Crippen molar-refractivity contribution in [2.45, 2.75) is 32.2 Å². The van der Waals surface area contributed by atoms with E-state index in [1.165, 1.54) is 0 Å². The fourth-order valence-corrected chi connectivity index (χ4v) is 5.35. The zero-order valence-electron chi connectivity index (χ0n) is 19.8. The minimum absolute atomic E-state index is 0.0463. The molecule has 1 aromatic carbocycles. The molecule has 0 radical (unpaired) electrons. The fourth-order valence-electron chi connectivity index (χ4n) is 4.57. The van der Waals surface area contributed by atoms with E-state index in [2.05, 4.69) is 43.0 Å². The van der Waals surface area contributed by atoms with Gasteiger partial charge < -0.3 is 5.32 Å². The highest BCUT2D eigenvalue weighted by Gasteiger charge is 2.24. The Kier molecular flexibility index (Phi) is 6.94. The lowest BCUT2D eigenvalue weighted by Crippen LogP contribution is -2.27. The maximum atomic E-state index is 13.4. The second-order valence-electron chi connectivity index (χ2n) is 8.98. The summed E-state index contributed by atoms with van der Waals surface area (Å²) in [5, 5.41) is 7.96. The summed E-state index contributed by atoms with van der Waals surface area (Å²) in [6.45, 7) is 1.92. The first-order chi connectivity index (χ1) is 17.3. The van der Waals surface area contributed by atoms with Crippen molar-refractivity contribution in [2.75, 3.05) is 5.32 Å². The molecule has 0 fully saturated rings. The fraction of sp³-hybridized carbons (Fsp3) is 0.269.